The zero-order valence-corrected chi connectivity index (χ0v) is 19.1. The van der Waals surface area contributed by atoms with Crippen molar-refractivity contribution in [2.75, 3.05) is 19.0 Å². The molecule has 3 atom stereocenters. The van der Waals surface area contributed by atoms with Gasteiger partial charge in [-0.3, -0.25) is 4.79 Å². The van der Waals surface area contributed by atoms with E-state index in [-0.39, 0.29) is 37.0 Å². The van der Waals surface area contributed by atoms with Crippen LogP contribution in [0, 0.1) is 5.82 Å². The molecule has 0 radical (unpaired) electrons. The number of anilines is 1. The molecular weight excluding hydrogens is 457 g/mol. The molecule has 4 N–H and O–H groups in total. The number of carbonyl (C=O) groups is 1. The Kier molecular flexibility index (Phi) is 6.66. The van der Waals surface area contributed by atoms with E-state index in [0.717, 1.165) is 6.42 Å². The number of hydrogen-bond acceptors (Lipinski definition) is 10. The van der Waals surface area contributed by atoms with Gasteiger partial charge in [-0.05, 0) is 31.4 Å². The summed E-state index contributed by atoms with van der Waals surface area (Å²) in [7, 11) is 1.49. The van der Waals surface area contributed by atoms with Crippen molar-refractivity contribution >= 4 is 22.8 Å². The summed E-state index contributed by atoms with van der Waals surface area (Å²) < 4.78 is 25.0. The van der Waals surface area contributed by atoms with Crippen molar-refractivity contribution in [1.82, 2.24) is 30.6 Å². The van der Waals surface area contributed by atoms with Crippen LogP contribution >= 0.6 is 0 Å². The first-order valence-corrected chi connectivity index (χ1v) is 11.4. The first-order chi connectivity index (χ1) is 17.0. The highest BCUT2D eigenvalue weighted by Crippen LogP contribution is 2.25. The van der Waals surface area contributed by atoms with E-state index in [1.807, 2.05) is 0 Å². The maximum atomic E-state index is 14.6. The monoisotopic (exact) mass is 483 g/mol. The Labute approximate surface area is 200 Å². The van der Waals surface area contributed by atoms with Gasteiger partial charge in [0.05, 0.1) is 36.8 Å². The van der Waals surface area contributed by atoms with Crippen molar-refractivity contribution < 1.29 is 23.8 Å². The summed E-state index contributed by atoms with van der Waals surface area (Å²) in [6, 6.07) is 2.85. The van der Waals surface area contributed by atoms with Crippen LogP contribution in [-0.2, 0) is 17.9 Å². The van der Waals surface area contributed by atoms with Gasteiger partial charge in [0.2, 0.25) is 5.88 Å². The zero-order chi connectivity index (χ0) is 24.4. The molecule has 11 nitrogen and oxygen atoms in total. The topological polar surface area (TPSA) is 143 Å². The predicted molar refractivity (Wildman–Crippen MR) is 123 cm³/mol. The molecule has 0 bridgehead atoms. The molecular formula is C23H26FN7O4. The Morgan fingerprint density at radius 2 is 2.09 bits per heavy atom. The third-order valence-corrected chi connectivity index (χ3v) is 6.27. The number of carbonyl (C=O) groups excluding carboxylic acids is 1. The number of halogens is 1. The molecule has 12 heteroatoms. The van der Waals surface area contributed by atoms with Crippen LogP contribution in [0.2, 0.25) is 0 Å². The maximum Gasteiger partial charge on any atom is 0.263 e. The summed E-state index contributed by atoms with van der Waals surface area (Å²) in [6.07, 6.45) is 4.54. The number of amides is 1. The Morgan fingerprint density at radius 1 is 1.20 bits per heavy atom. The minimum Gasteiger partial charge on any atom is -0.480 e. The van der Waals surface area contributed by atoms with E-state index in [1.165, 1.54) is 19.4 Å². The molecule has 1 amide bonds. The Morgan fingerprint density at radius 3 is 2.91 bits per heavy atom. The molecule has 5 rings (SSSR count). The lowest BCUT2D eigenvalue weighted by Gasteiger charge is -2.34. The van der Waals surface area contributed by atoms with Gasteiger partial charge in [-0.1, -0.05) is 0 Å². The average molecular weight is 484 g/mol. The predicted octanol–water partition coefficient (Wildman–Crippen LogP) is 1.06. The molecule has 1 aliphatic heterocycles. The normalized spacial score (nSPS) is 21.8. The number of fused-ring (bicyclic) bond motifs is 2. The summed E-state index contributed by atoms with van der Waals surface area (Å²) in [5.41, 5.74) is 2.07. The third kappa shape index (κ3) is 5.14. The largest absolute Gasteiger partial charge is 0.480 e. The summed E-state index contributed by atoms with van der Waals surface area (Å²) in [5, 5.41) is 20.1. The lowest BCUT2D eigenvalue weighted by atomic mass is 9.88. The van der Waals surface area contributed by atoms with Crippen molar-refractivity contribution in [1.29, 1.82) is 0 Å². The van der Waals surface area contributed by atoms with Gasteiger partial charge in [-0.2, -0.15) is 0 Å². The van der Waals surface area contributed by atoms with Crippen LogP contribution in [0.3, 0.4) is 0 Å². The van der Waals surface area contributed by atoms with E-state index in [4.69, 9.17) is 9.47 Å². The molecule has 184 valence electrons. The minimum atomic E-state index is -0.609. The minimum absolute atomic E-state index is 0.0663. The standard InChI is InChI=1S/C23H26FN7O4/c1-34-20-10-27-17-5-3-15(24)14(21(17)31-20)9-26-16-4-2-12(6-18(16)32)25-7-13-8-28-23-22(29-13)30-19(33)11-35-23/h3,5,8,10,12,16,18,25-26,32H,2,4,6-7,9,11H2,1H3,(H,29,30,33)/t12-,16-,18+/m0/s1. The molecule has 3 heterocycles. The van der Waals surface area contributed by atoms with Crippen LogP contribution in [0.1, 0.15) is 30.5 Å². The summed E-state index contributed by atoms with van der Waals surface area (Å²) >= 11 is 0. The van der Waals surface area contributed by atoms with Crippen LogP contribution in [0.15, 0.2) is 24.5 Å². The second-order valence-electron chi connectivity index (χ2n) is 8.60. The van der Waals surface area contributed by atoms with Gasteiger partial charge in [-0.25, -0.2) is 24.3 Å². The van der Waals surface area contributed by atoms with Crippen molar-refractivity contribution in [2.45, 2.75) is 50.5 Å². The van der Waals surface area contributed by atoms with E-state index in [2.05, 4.69) is 35.9 Å². The molecule has 0 saturated heterocycles. The quantitative estimate of drug-likeness (QED) is 0.385. The highest BCUT2D eigenvalue weighted by Gasteiger charge is 2.29. The maximum absolute atomic E-state index is 14.6. The van der Waals surface area contributed by atoms with Crippen molar-refractivity contribution in [3.63, 3.8) is 0 Å². The molecule has 0 unspecified atom stereocenters. The summed E-state index contributed by atoms with van der Waals surface area (Å²) in [6.45, 7) is 0.583. The highest BCUT2D eigenvalue weighted by atomic mass is 19.1. The molecule has 1 fully saturated rings. The average Bonchev–Trinajstić information content (AvgIpc) is 2.87. The van der Waals surface area contributed by atoms with Crippen LogP contribution in [0.4, 0.5) is 10.2 Å². The van der Waals surface area contributed by atoms with Gasteiger partial charge < -0.3 is 30.5 Å². The number of aliphatic hydroxyl groups excluding tert-OH is 1. The molecule has 3 aromatic rings. The number of aromatic nitrogens is 4. The Bertz CT molecular complexity index is 1240. The first kappa shape index (κ1) is 23.3. The van der Waals surface area contributed by atoms with Crippen LogP contribution in [-0.4, -0.2) is 62.9 Å². The second kappa shape index (κ2) is 10.0. The van der Waals surface area contributed by atoms with Gasteiger partial charge in [0.25, 0.3) is 11.8 Å². The number of ether oxygens (including phenoxy) is 2. The Hall–Kier alpha value is -3.48. The number of benzene rings is 1. The molecule has 1 saturated carbocycles. The number of nitrogens with one attached hydrogen (secondary N) is 3. The second-order valence-corrected chi connectivity index (χ2v) is 8.60. The van der Waals surface area contributed by atoms with Gasteiger partial charge >= 0.3 is 0 Å². The third-order valence-electron chi connectivity index (χ3n) is 6.27. The SMILES string of the molecule is COc1cnc2ccc(F)c(CN[C@H]3CC[C@H](NCc4cnc5c(n4)NC(=O)CO5)C[C@H]3O)c2n1. The van der Waals surface area contributed by atoms with E-state index >= 15 is 0 Å². The summed E-state index contributed by atoms with van der Waals surface area (Å²) in [5.74, 6) is 0.291. The van der Waals surface area contributed by atoms with Crippen LogP contribution in [0.5, 0.6) is 11.8 Å². The summed E-state index contributed by atoms with van der Waals surface area (Å²) in [4.78, 5) is 28.7. The smallest absolute Gasteiger partial charge is 0.263 e. The van der Waals surface area contributed by atoms with E-state index in [0.29, 0.717) is 59.3 Å². The van der Waals surface area contributed by atoms with Crippen LogP contribution < -0.4 is 25.4 Å². The first-order valence-electron chi connectivity index (χ1n) is 11.4. The van der Waals surface area contributed by atoms with Crippen LogP contribution in [0.25, 0.3) is 11.0 Å². The molecule has 1 aliphatic carbocycles. The number of methoxy groups -OCH3 is 1. The molecule has 35 heavy (non-hydrogen) atoms. The van der Waals surface area contributed by atoms with Gasteiger partial charge in [0.1, 0.15) is 11.3 Å². The fourth-order valence-corrected chi connectivity index (χ4v) is 4.40. The van der Waals surface area contributed by atoms with Crippen molar-refractivity contribution in [3.05, 3.63) is 41.6 Å². The Balaban J connectivity index is 1.16. The lowest BCUT2D eigenvalue weighted by Crippen LogP contribution is -2.48. The molecule has 2 aliphatic rings. The number of hydrogen-bond donors (Lipinski definition) is 4. The van der Waals surface area contributed by atoms with E-state index in [1.54, 1.807) is 12.3 Å². The van der Waals surface area contributed by atoms with Gasteiger partial charge in [0, 0.05) is 30.7 Å². The number of rotatable bonds is 7. The molecule has 1 aromatic carbocycles. The fourth-order valence-electron chi connectivity index (χ4n) is 4.40. The van der Waals surface area contributed by atoms with Crippen molar-refractivity contribution in [2.24, 2.45) is 0 Å². The molecule has 0 spiro atoms. The highest BCUT2D eigenvalue weighted by molar-refractivity contribution is 5.93. The van der Waals surface area contributed by atoms with E-state index < -0.39 is 6.10 Å². The lowest BCUT2D eigenvalue weighted by molar-refractivity contribution is -0.118. The van der Waals surface area contributed by atoms with Gasteiger partial charge in [-0.15, -0.1) is 0 Å². The fraction of sp³-hybridized carbons (Fsp3) is 0.435. The molecule has 2 aromatic heterocycles. The number of nitrogens with zero attached hydrogens (tertiary/aromatic N) is 4. The van der Waals surface area contributed by atoms with E-state index in [9.17, 15) is 14.3 Å². The van der Waals surface area contributed by atoms with Crippen molar-refractivity contribution in [3.8, 4) is 11.8 Å². The number of aliphatic hydroxyl groups is 1. The van der Waals surface area contributed by atoms with Gasteiger partial charge in [0.15, 0.2) is 12.4 Å². The zero-order valence-electron chi connectivity index (χ0n) is 19.1.